The summed E-state index contributed by atoms with van der Waals surface area (Å²) >= 11 is 3.26. The molecule has 0 heterocycles. The Morgan fingerprint density at radius 3 is 1.41 bits per heavy atom. The number of esters is 1. The van der Waals surface area contributed by atoms with Gasteiger partial charge in [0.05, 0.1) is 47.1 Å². The van der Waals surface area contributed by atoms with Gasteiger partial charge in [0.15, 0.2) is 0 Å². The number of hydrogen-bond acceptors (Lipinski definition) is 9. The molecule has 0 saturated heterocycles. The van der Waals surface area contributed by atoms with E-state index in [1.54, 1.807) is 17.8 Å². The SMILES string of the molecule is C=CCOC(=O)C[C@H](O)[C@@H](Cc1ccccc1)NC(=O)[C@@H](CSC(c1ccccc1)(c1ccccc1)c1ccccc1)NC(=O)CNC(=O)C[C@H](O)/C=C/CCSC(c1ccccc1)(c1ccccc1)c1ccccc1. The van der Waals surface area contributed by atoms with Crippen LogP contribution in [-0.4, -0.2) is 82.9 Å². The lowest BCUT2D eigenvalue weighted by atomic mass is 9.84. The number of amides is 3. The van der Waals surface area contributed by atoms with Gasteiger partial charge in [0, 0.05) is 5.75 Å². The number of allylic oxidation sites excluding steroid dienone is 1. The molecule has 7 aromatic rings. The minimum absolute atomic E-state index is 0.0324. The molecular formula is C64H65N3O7S2. The highest BCUT2D eigenvalue weighted by molar-refractivity contribution is 8.00. The van der Waals surface area contributed by atoms with E-state index in [4.69, 9.17) is 4.74 Å². The van der Waals surface area contributed by atoms with Crippen LogP contribution in [0, 0.1) is 0 Å². The second-order valence-corrected chi connectivity index (χ2v) is 20.7. The van der Waals surface area contributed by atoms with Crippen LogP contribution in [0.25, 0.3) is 0 Å². The van der Waals surface area contributed by atoms with Crippen molar-refractivity contribution < 1.29 is 34.1 Å². The Labute approximate surface area is 455 Å². The lowest BCUT2D eigenvalue weighted by Crippen LogP contribution is -2.55. The number of thioether (sulfide) groups is 2. The number of nitrogens with one attached hydrogen (secondary N) is 3. The fourth-order valence-electron chi connectivity index (χ4n) is 9.17. The van der Waals surface area contributed by atoms with Gasteiger partial charge >= 0.3 is 5.97 Å². The van der Waals surface area contributed by atoms with Crippen LogP contribution in [0.2, 0.25) is 0 Å². The van der Waals surface area contributed by atoms with Gasteiger partial charge in [0.2, 0.25) is 17.7 Å². The predicted molar refractivity (Wildman–Crippen MR) is 307 cm³/mol. The van der Waals surface area contributed by atoms with Gasteiger partial charge in [-0.1, -0.05) is 237 Å². The molecule has 3 amide bonds. The van der Waals surface area contributed by atoms with Crippen molar-refractivity contribution in [3.05, 3.63) is 276 Å². The molecule has 0 aromatic heterocycles. The zero-order valence-electron chi connectivity index (χ0n) is 42.4. The zero-order chi connectivity index (χ0) is 53.4. The maximum absolute atomic E-state index is 14.8. The summed E-state index contributed by atoms with van der Waals surface area (Å²) in [7, 11) is 0. The third kappa shape index (κ3) is 15.3. The topological polar surface area (TPSA) is 154 Å². The first kappa shape index (κ1) is 56.3. The van der Waals surface area contributed by atoms with Gasteiger partial charge in [-0.2, -0.15) is 0 Å². The van der Waals surface area contributed by atoms with Gasteiger partial charge in [-0.3, -0.25) is 19.2 Å². The Bertz CT molecular complexity index is 2730. The average molecular weight is 1050 g/mol. The van der Waals surface area contributed by atoms with Gasteiger partial charge in [0.1, 0.15) is 12.6 Å². The van der Waals surface area contributed by atoms with E-state index in [-0.39, 0.29) is 25.2 Å². The second kappa shape index (κ2) is 29.0. The van der Waals surface area contributed by atoms with Crippen LogP contribution in [0.4, 0.5) is 0 Å². The molecule has 76 heavy (non-hydrogen) atoms. The number of rotatable bonds is 28. The van der Waals surface area contributed by atoms with Gasteiger partial charge in [-0.15, -0.1) is 23.5 Å². The number of benzene rings is 7. The lowest BCUT2D eigenvalue weighted by Gasteiger charge is -2.36. The van der Waals surface area contributed by atoms with Crippen molar-refractivity contribution >= 4 is 47.2 Å². The Hall–Kier alpha value is -7.48. The van der Waals surface area contributed by atoms with Crippen molar-refractivity contribution in [2.45, 2.75) is 59.5 Å². The molecular weight excluding hydrogens is 987 g/mol. The number of carbonyl (C=O) groups excluding carboxylic acids is 4. The second-order valence-electron chi connectivity index (χ2n) is 18.2. The normalized spacial score (nSPS) is 13.1. The highest BCUT2D eigenvalue weighted by Crippen LogP contribution is 2.50. The third-order valence-electron chi connectivity index (χ3n) is 12.8. The molecule has 0 unspecified atom stereocenters. The van der Waals surface area contributed by atoms with Crippen LogP contribution >= 0.6 is 23.5 Å². The van der Waals surface area contributed by atoms with E-state index in [0.29, 0.717) is 12.2 Å². The molecule has 0 aliphatic rings. The highest BCUT2D eigenvalue weighted by Gasteiger charge is 2.40. The van der Waals surface area contributed by atoms with Crippen molar-refractivity contribution in [1.82, 2.24) is 16.0 Å². The molecule has 390 valence electrons. The molecule has 10 nitrogen and oxygen atoms in total. The van der Waals surface area contributed by atoms with Gasteiger partial charge in [-0.05, 0) is 57.5 Å². The molecule has 0 spiro atoms. The highest BCUT2D eigenvalue weighted by atomic mass is 32.2. The van der Waals surface area contributed by atoms with Crippen molar-refractivity contribution in [2.75, 3.05) is 24.7 Å². The number of aliphatic hydroxyl groups excluding tert-OH is 2. The van der Waals surface area contributed by atoms with Crippen LogP contribution < -0.4 is 16.0 Å². The Morgan fingerprint density at radius 2 is 0.974 bits per heavy atom. The summed E-state index contributed by atoms with van der Waals surface area (Å²) < 4.78 is 3.82. The smallest absolute Gasteiger partial charge is 0.308 e. The quantitative estimate of drug-likeness (QED) is 0.0140. The van der Waals surface area contributed by atoms with E-state index in [9.17, 15) is 29.4 Å². The zero-order valence-corrected chi connectivity index (χ0v) is 44.0. The standard InChI is InChI=1S/C64H65N3O7S2/c1-2-41-74-61(72)45-58(69)56(43-48-26-10-3-11-27-48)67-62(73)57(47-76-64(52-34-18-7-19-35-52,53-36-20-8-21-37-53)54-38-22-9-23-39-54)66-60(71)46-65-59(70)44-55(68)40-24-25-42-75-63(49-28-12-4-13-29-49,50-30-14-5-15-31-50)51-32-16-6-17-33-51/h2-24,26-40,55-58,68-69H,1,25,41-47H2,(H,65,70)(H,66,71)(H,67,73)/b40-24+/t55-,56-,57-,58+/m1/s1. The molecule has 0 radical (unpaired) electrons. The molecule has 7 aromatic carbocycles. The van der Waals surface area contributed by atoms with E-state index in [1.165, 1.54) is 17.8 Å². The monoisotopic (exact) mass is 1050 g/mol. The van der Waals surface area contributed by atoms with E-state index in [0.717, 1.165) is 38.9 Å². The molecule has 0 bridgehead atoms. The molecule has 0 aliphatic carbocycles. The number of ether oxygens (including phenoxy) is 1. The lowest BCUT2D eigenvalue weighted by molar-refractivity contribution is -0.145. The molecule has 4 atom stereocenters. The Balaban J connectivity index is 1.05. The van der Waals surface area contributed by atoms with Crippen LogP contribution in [0.5, 0.6) is 0 Å². The largest absolute Gasteiger partial charge is 0.461 e. The summed E-state index contributed by atoms with van der Waals surface area (Å²) in [5, 5.41) is 31.0. The minimum Gasteiger partial charge on any atom is -0.461 e. The van der Waals surface area contributed by atoms with Gasteiger partial charge < -0.3 is 30.9 Å². The molecule has 7 rings (SSSR count). The van der Waals surface area contributed by atoms with Crippen molar-refractivity contribution in [3.8, 4) is 0 Å². The van der Waals surface area contributed by atoms with Crippen LogP contribution in [0.15, 0.2) is 237 Å². The molecule has 5 N–H and O–H groups in total. The van der Waals surface area contributed by atoms with Crippen molar-refractivity contribution in [2.24, 2.45) is 0 Å². The van der Waals surface area contributed by atoms with E-state index in [1.807, 2.05) is 146 Å². The summed E-state index contributed by atoms with van der Waals surface area (Å²) in [5.41, 5.74) is 7.07. The first-order valence-corrected chi connectivity index (χ1v) is 27.4. The molecule has 0 saturated carbocycles. The number of aliphatic hydroxyl groups is 2. The average Bonchev–Trinajstić information content (AvgIpc) is 3.49. The fraction of sp³-hybridized carbons (Fsp3) is 0.219. The van der Waals surface area contributed by atoms with Crippen molar-refractivity contribution in [3.63, 3.8) is 0 Å². The van der Waals surface area contributed by atoms with Crippen LogP contribution in [0.1, 0.15) is 58.2 Å². The van der Waals surface area contributed by atoms with Crippen LogP contribution in [0.3, 0.4) is 0 Å². The summed E-state index contributed by atoms with van der Waals surface area (Å²) in [6.45, 7) is 3.07. The number of carbonyl (C=O) groups is 4. The van der Waals surface area contributed by atoms with Crippen molar-refractivity contribution in [1.29, 1.82) is 0 Å². The minimum atomic E-state index is -1.35. The molecule has 0 aliphatic heterocycles. The third-order valence-corrected chi connectivity index (χ3v) is 16.1. The molecule has 12 heteroatoms. The van der Waals surface area contributed by atoms with E-state index in [2.05, 4.69) is 95.3 Å². The molecule has 0 fully saturated rings. The first-order chi connectivity index (χ1) is 37.1. The first-order valence-electron chi connectivity index (χ1n) is 25.4. The predicted octanol–water partition coefficient (Wildman–Crippen LogP) is 9.94. The maximum atomic E-state index is 14.8. The summed E-state index contributed by atoms with van der Waals surface area (Å²) in [4.78, 5) is 54.8. The summed E-state index contributed by atoms with van der Waals surface area (Å²) in [6, 6.07) is 68.1. The fourth-order valence-corrected chi connectivity index (χ4v) is 12.2. The van der Waals surface area contributed by atoms with Gasteiger partial charge in [-0.25, -0.2) is 0 Å². The summed E-state index contributed by atoms with van der Waals surface area (Å²) in [5.74, 6) is -1.74. The van der Waals surface area contributed by atoms with E-state index < -0.39 is 70.4 Å². The van der Waals surface area contributed by atoms with Gasteiger partial charge in [0.25, 0.3) is 0 Å². The summed E-state index contributed by atoms with van der Waals surface area (Å²) in [6.07, 6.45) is 2.52. The Kier molecular flexibility index (Phi) is 21.5. The van der Waals surface area contributed by atoms with Crippen LogP contribution in [-0.2, 0) is 39.8 Å². The Morgan fingerprint density at radius 1 is 0.553 bits per heavy atom. The number of hydrogen-bond donors (Lipinski definition) is 5. The van der Waals surface area contributed by atoms with E-state index >= 15 is 0 Å². The maximum Gasteiger partial charge on any atom is 0.308 e.